The summed E-state index contributed by atoms with van der Waals surface area (Å²) < 4.78 is 0. The van der Waals surface area contributed by atoms with Gasteiger partial charge in [-0.25, -0.2) is 0 Å². The summed E-state index contributed by atoms with van der Waals surface area (Å²) in [5, 5.41) is 11.6. The van der Waals surface area contributed by atoms with Crippen LogP contribution in [0.5, 0.6) is 0 Å². The molecule has 1 atom stereocenters. The Bertz CT molecular complexity index is 251. The minimum atomic E-state index is 0.349. The predicted octanol–water partition coefficient (Wildman–Crippen LogP) is 2.80. The van der Waals surface area contributed by atoms with Crippen molar-refractivity contribution >= 4 is 5.84 Å². The Morgan fingerprint density at radius 2 is 2.17 bits per heavy atom. The van der Waals surface area contributed by atoms with Gasteiger partial charge >= 0.3 is 0 Å². The number of unbranched alkanes of at least 4 members (excludes halogenated alkanes) is 1. The van der Waals surface area contributed by atoms with Gasteiger partial charge < -0.3 is 10.9 Å². The first kappa shape index (κ1) is 15.3. The van der Waals surface area contributed by atoms with Crippen LogP contribution in [0.1, 0.15) is 58.8 Å². The third kappa shape index (κ3) is 5.71. The molecule has 18 heavy (non-hydrogen) atoms. The lowest BCUT2D eigenvalue weighted by atomic mass is 9.98. The number of oxime groups is 1. The number of amidine groups is 1. The Morgan fingerprint density at radius 3 is 2.67 bits per heavy atom. The average Bonchev–Trinajstić information content (AvgIpc) is 3.22. The zero-order valence-corrected chi connectivity index (χ0v) is 11.9. The molecule has 0 radical (unpaired) electrons. The first-order valence-electron chi connectivity index (χ1n) is 7.41. The molecule has 3 N–H and O–H groups in total. The normalized spacial score (nSPS) is 18.3. The maximum atomic E-state index is 8.59. The SMILES string of the molecule is CCCCC(CC)CN(CCC(N)=NO)C1CC1. The van der Waals surface area contributed by atoms with Crippen LogP contribution in [0.15, 0.2) is 5.16 Å². The van der Waals surface area contributed by atoms with Gasteiger partial charge in [0.05, 0.1) is 0 Å². The second-order valence-electron chi connectivity index (χ2n) is 5.48. The highest BCUT2D eigenvalue weighted by atomic mass is 16.4. The number of nitrogens with zero attached hydrogens (tertiary/aromatic N) is 2. The molecule has 0 aromatic carbocycles. The molecule has 0 aromatic rings. The van der Waals surface area contributed by atoms with Crippen molar-refractivity contribution in [2.24, 2.45) is 16.8 Å². The molecule has 1 saturated carbocycles. The lowest BCUT2D eigenvalue weighted by Gasteiger charge is -2.26. The van der Waals surface area contributed by atoms with E-state index in [2.05, 4.69) is 23.9 Å². The topological polar surface area (TPSA) is 61.8 Å². The van der Waals surface area contributed by atoms with Gasteiger partial charge in [-0.05, 0) is 25.2 Å². The highest BCUT2D eigenvalue weighted by molar-refractivity contribution is 5.79. The molecule has 106 valence electrons. The van der Waals surface area contributed by atoms with Gasteiger partial charge in [-0.1, -0.05) is 38.3 Å². The fraction of sp³-hybridized carbons (Fsp3) is 0.929. The minimum Gasteiger partial charge on any atom is -0.409 e. The third-order valence-corrected chi connectivity index (χ3v) is 3.88. The highest BCUT2D eigenvalue weighted by Gasteiger charge is 2.29. The van der Waals surface area contributed by atoms with E-state index in [-0.39, 0.29) is 0 Å². The van der Waals surface area contributed by atoms with Crippen LogP contribution in [-0.2, 0) is 0 Å². The third-order valence-electron chi connectivity index (χ3n) is 3.88. The molecule has 4 nitrogen and oxygen atoms in total. The van der Waals surface area contributed by atoms with E-state index in [0.717, 1.165) is 18.5 Å². The Kier molecular flexibility index (Phi) is 7.09. The van der Waals surface area contributed by atoms with Crippen molar-refractivity contribution in [2.45, 2.75) is 64.8 Å². The summed E-state index contributed by atoms with van der Waals surface area (Å²) in [6, 6.07) is 0.757. The van der Waals surface area contributed by atoms with Crippen molar-refractivity contribution < 1.29 is 5.21 Å². The summed E-state index contributed by atoms with van der Waals surface area (Å²) in [7, 11) is 0. The first-order chi connectivity index (χ1) is 8.71. The van der Waals surface area contributed by atoms with Crippen LogP contribution < -0.4 is 5.73 Å². The van der Waals surface area contributed by atoms with Gasteiger partial charge in [0.1, 0.15) is 5.84 Å². The summed E-state index contributed by atoms with van der Waals surface area (Å²) in [6.45, 7) is 6.65. The molecule has 4 heteroatoms. The van der Waals surface area contributed by atoms with Gasteiger partial charge in [-0.2, -0.15) is 0 Å². The van der Waals surface area contributed by atoms with Crippen LogP contribution >= 0.6 is 0 Å². The monoisotopic (exact) mass is 255 g/mol. The van der Waals surface area contributed by atoms with Crippen LogP contribution in [0, 0.1) is 5.92 Å². The van der Waals surface area contributed by atoms with E-state index >= 15 is 0 Å². The van der Waals surface area contributed by atoms with E-state index < -0.39 is 0 Å². The molecule has 0 heterocycles. The molecule has 0 amide bonds. The Labute approximate surface area is 111 Å². The molecule has 0 bridgehead atoms. The van der Waals surface area contributed by atoms with E-state index in [1.54, 1.807) is 0 Å². The molecule has 1 aliphatic carbocycles. The van der Waals surface area contributed by atoms with E-state index in [1.165, 1.54) is 45.1 Å². The second-order valence-corrected chi connectivity index (χ2v) is 5.48. The van der Waals surface area contributed by atoms with Crippen LogP contribution in [-0.4, -0.2) is 35.1 Å². The van der Waals surface area contributed by atoms with Crippen molar-refractivity contribution in [2.75, 3.05) is 13.1 Å². The summed E-state index contributed by atoms with van der Waals surface area (Å²) in [5.41, 5.74) is 5.56. The maximum absolute atomic E-state index is 8.59. The Balaban J connectivity index is 2.36. The van der Waals surface area contributed by atoms with Crippen molar-refractivity contribution in [3.63, 3.8) is 0 Å². The number of hydrogen-bond acceptors (Lipinski definition) is 3. The molecule has 1 rings (SSSR count). The smallest absolute Gasteiger partial charge is 0.140 e. The minimum absolute atomic E-state index is 0.349. The zero-order chi connectivity index (χ0) is 13.4. The van der Waals surface area contributed by atoms with Crippen molar-refractivity contribution in [1.29, 1.82) is 0 Å². The van der Waals surface area contributed by atoms with E-state index in [0.29, 0.717) is 12.3 Å². The molecule has 0 spiro atoms. The quantitative estimate of drug-likeness (QED) is 0.273. The summed E-state index contributed by atoms with van der Waals surface area (Å²) in [4.78, 5) is 2.54. The lowest BCUT2D eigenvalue weighted by molar-refractivity contribution is 0.214. The van der Waals surface area contributed by atoms with Crippen molar-refractivity contribution in [3.8, 4) is 0 Å². The molecule has 1 fully saturated rings. The molecular formula is C14H29N3O. The van der Waals surface area contributed by atoms with Gasteiger partial charge in [-0.15, -0.1) is 0 Å². The lowest BCUT2D eigenvalue weighted by Crippen LogP contribution is -2.34. The number of hydrogen-bond donors (Lipinski definition) is 2. The van der Waals surface area contributed by atoms with Crippen LogP contribution in [0.4, 0.5) is 0 Å². The highest BCUT2D eigenvalue weighted by Crippen LogP contribution is 2.29. The second kappa shape index (κ2) is 8.35. The number of rotatable bonds is 10. The number of nitrogens with two attached hydrogens (primary N) is 1. The fourth-order valence-electron chi connectivity index (χ4n) is 2.42. The molecular weight excluding hydrogens is 226 g/mol. The van der Waals surface area contributed by atoms with Crippen LogP contribution in [0.3, 0.4) is 0 Å². The average molecular weight is 255 g/mol. The Hall–Kier alpha value is -0.770. The molecule has 0 aromatic heterocycles. The van der Waals surface area contributed by atoms with Crippen LogP contribution in [0.25, 0.3) is 0 Å². The first-order valence-corrected chi connectivity index (χ1v) is 7.41. The summed E-state index contributed by atoms with van der Waals surface area (Å²) >= 11 is 0. The van der Waals surface area contributed by atoms with Crippen molar-refractivity contribution in [1.82, 2.24) is 4.90 Å². The standard InChI is InChI=1S/C14H29N3O/c1-3-5-6-12(4-2)11-17(13-7-8-13)10-9-14(15)16-18/h12-13,18H,3-11H2,1-2H3,(H2,15,16). The van der Waals surface area contributed by atoms with E-state index in [1.807, 2.05) is 0 Å². The van der Waals surface area contributed by atoms with Crippen molar-refractivity contribution in [3.05, 3.63) is 0 Å². The van der Waals surface area contributed by atoms with Gasteiger partial charge in [-0.3, -0.25) is 4.90 Å². The Morgan fingerprint density at radius 1 is 1.44 bits per heavy atom. The largest absolute Gasteiger partial charge is 0.409 e. The van der Waals surface area contributed by atoms with E-state index in [4.69, 9.17) is 10.9 Å². The van der Waals surface area contributed by atoms with Gasteiger partial charge in [0, 0.05) is 25.6 Å². The zero-order valence-electron chi connectivity index (χ0n) is 11.9. The summed E-state index contributed by atoms with van der Waals surface area (Å²) in [6.07, 6.45) is 8.52. The maximum Gasteiger partial charge on any atom is 0.140 e. The summed E-state index contributed by atoms with van der Waals surface area (Å²) in [5.74, 6) is 1.15. The van der Waals surface area contributed by atoms with Gasteiger partial charge in [0.2, 0.25) is 0 Å². The van der Waals surface area contributed by atoms with E-state index in [9.17, 15) is 0 Å². The fourth-order valence-corrected chi connectivity index (χ4v) is 2.42. The van der Waals surface area contributed by atoms with Gasteiger partial charge in [0.25, 0.3) is 0 Å². The van der Waals surface area contributed by atoms with Crippen LogP contribution in [0.2, 0.25) is 0 Å². The van der Waals surface area contributed by atoms with Gasteiger partial charge in [0.15, 0.2) is 0 Å². The molecule has 0 saturated heterocycles. The molecule has 0 aliphatic heterocycles. The molecule has 1 unspecified atom stereocenters. The molecule has 1 aliphatic rings. The predicted molar refractivity (Wildman–Crippen MR) is 75.9 cm³/mol.